The van der Waals surface area contributed by atoms with Crippen molar-refractivity contribution in [3.63, 3.8) is 0 Å². The van der Waals surface area contributed by atoms with Crippen LogP contribution in [-0.2, 0) is 9.53 Å². The monoisotopic (exact) mass is 305 g/mol. The second-order valence-electron chi connectivity index (χ2n) is 4.90. The number of aromatic nitrogens is 3. The Bertz CT molecular complexity index is 650. The molecule has 2 aromatic rings. The highest BCUT2D eigenvalue weighted by Crippen LogP contribution is 2.18. The van der Waals surface area contributed by atoms with Crippen molar-refractivity contribution in [1.82, 2.24) is 14.8 Å². The van der Waals surface area contributed by atoms with Gasteiger partial charge in [-0.05, 0) is 18.1 Å². The first-order valence-electron chi connectivity index (χ1n) is 6.56. The van der Waals surface area contributed by atoms with Gasteiger partial charge in [-0.3, -0.25) is 0 Å². The molecule has 0 radical (unpaired) electrons. The predicted molar refractivity (Wildman–Crippen MR) is 81.6 cm³/mol. The van der Waals surface area contributed by atoms with Crippen molar-refractivity contribution in [1.29, 1.82) is 0 Å². The van der Waals surface area contributed by atoms with Gasteiger partial charge >= 0.3 is 5.97 Å². The smallest absolute Gasteiger partial charge is 0.332 e. The van der Waals surface area contributed by atoms with Crippen LogP contribution in [0, 0.1) is 5.92 Å². The maximum absolute atomic E-state index is 11.5. The average Bonchev–Trinajstić information content (AvgIpc) is 2.92. The second-order valence-corrected chi connectivity index (χ2v) is 5.33. The molecule has 0 unspecified atom stereocenters. The van der Waals surface area contributed by atoms with Crippen LogP contribution in [0.15, 0.2) is 36.7 Å². The molecule has 1 aromatic carbocycles. The van der Waals surface area contributed by atoms with Crippen LogP contribution < -0.4 is 0 Å². The quantitative estimate of drug-likeness (QED) is 0.628. The topological polar surface area (TPSA) is 57.0 Å². The van der Waals surface area contributed by atoms with Gasteiger partial charge in [0, 0.05) is 22.9 Å². The van der Waals surface area contributed by atoms with Crippen LogP contribution in [-0.4, -0.2) is 27.3 Å². The molecular weight excluding hydrogens is 290 g/mol. The number of nitrogens with zero attached hydrogens (tertiary/aromatic N) is 3. The fourth-order valence-corrected chi connectivity index (χ4v) is 1.73. The zero-order valence-electron chi connectivity index (χ0n) is 11.9. The van der Waals surface area contributed by atoms with Crippen molar-refractivity contribution < 1.29 is 9.53 Å². The van der Waals surface area contributed by atoms with Gasteiger partial charge < -0.3 is 4.74 Å². The van der Waals surface area contributed by atoms with E-state index >= 15 is 0 Å². The molecule has 6 heteroatoms. The van der Waals surface area contributed by atoms with Crippen LogP contribution in [0.3, 0.4) is 0 Å². The van der Waals surface area contributed by atoms with Crippen LogP contribution in [0.5, 0.6) is 0 Å². The van der Waals surface area contributed by atoms with E-state index in [2.05, 4.69) is 10.1 Å². The molecule has 0 aliphatic rings. The van der Waals surface area contributed by atoms with Crippen molar-refractivity contribution in [2.75, 3.05) is 6.61 Å². The summed E-state index contributed by atoms with van der Waals surface area (Å²) in [5, 5.41) is 4.86. The molecule has 0 N–H and O–H groups in total. The van der Waals surface area contributed by atoms with Crippen molar-refractivity contribution in [3.05, 3.63) is 41.7 Å². The number of rotatable bonds is 5. The summed E-state index contributed by atoms with van der Waals surface area (Å²) in [5.41, 5.74) is 0.817. The van der Waals surface area contributed by atoms with Gasteiger partial charge in [0.15, 0.2) is 5.82 Å². The summed E-state index contributed by atoms with van der Waals surface area (Å²) in [6.07, 6.45) is 4.34. The van der Waals surface area contributed by atoms with Gasteiger partial charge in [-0.25, -0.2) is 14.5 Å². The molecule has 0 aliphatic heterocycles. The normalized spacial score (nSPS) is 11.2. The maximum atomic E-state index is 11.5. The van der Waals surface area contributed by atoms with Crippen molar-refractivity contribution >= 4 is 23.8 Å². The highest BCUT2D eigenvalue weighted by molar-refractivity contribution is 6.30. The van der Waals surface area contributed by atoms with Crippen LogP contribution in [0.4, 0.5) is 0 Å². The fourth-order valence-electron chi connectivity index (χ4n) is 1.54. The minimum absolute atomic E-state index is 0.308. The first kappa shape index (κ1) is 15.3. The lowest BCUT2D eigenvalue weighted by Gasteiger charge is -2.03. The summed E-state index contributed by atoms with van der Waals surface area (Å²) in [4.78, 5) is 15.6. The van der Waals surface area contributed by atoms with Crippen LogP contribution in [0.2, 0.25) is 5.02 Å². The Hall–Kier alpha value is -2.14. The molecular formula is C15H16ClN3O2. The van der Waals surface area contributed by atoms with E-state index in [1.54, 1.807) is 12.1 Å². The second kappa shape index (κ2) is 7.04. The minimum Gasteiger partial charge on any atom is -0.462 e. The van der Waals surface area contributed by atoms with E-state index in [1.165, 1.54) is 23.3 Å². The number of esters is 1. The van der Waals surface area contributed by atoms with Gasteiger partial charge in [0.2, 0.25) is 0 Å². The number of carbonyl (C=O) groups is 1. The third-order valence-electron chi connectivity index (χ3n) is 2.51. The Morgan fingerprint density at radius 2 is 2.29 bits per heavy atom. The number of halogens is 1. The van der Waals surface area contributed by atoms with Gasteiger partial charge in [-0.1, -0.05) is 37.6 Å². The number of benzene rings is 1. The molecule has 0 aliphatic carbocycles. The van der Waals surface area contributed by atoms with Gasteiger partial charge in [0.25, 0.3) is 0 Å². The van der Waals surface area contributed by atoms with E-state index in [4.69, 9.17) is 16.3 Å². The Morgan fingerprint density at radius 3 is 3.00 bits per heavy atom. The third-order valence-corrected chi connectivity index (χ3v) is 2.75. The molecule has 0 spiro atoms. The van der Waals surface area contributed by atoms with Crippen LogP contribution >= 0.6 is 11.6 Å². The van der Waals surface area contributed by atoms with E-state index in [0.717, 1.165) is 5.56 Å². The summed E-state index contributed by atoms with van der Waals surface area (Å²) in [5.74, 6) is 0.448. The molecule has 21 heavy (non-hydrogen) atoms. The predicted octanol–water partition coefficient (Wildman–Crippen LogP) is 3.27. The van der Waals surface area contributed by atoms with Gasteiger partial charge in [-0.15, -0.1) is 5.10 Å². The largest absolute Gasteiger partial charge is 0.462 e. The Balaban J connectivity index is 2.02. The third kappa shape index (κ3) is 4.72. The Morgan fingerprint density at radius 1 is 1.48 bits per heavy atom. The lowest BCUT2D eigenvalue weighted by Crippen LogP contribution is -2.07. The standard InChI is InChI=1S/C15H16ClN3O2/c1-11(2)9-21-14(20)6-7-19-10-17-15(18-19)12-4-3-5-13(16)8-12/h3-8,10-11H,9H2,1-2H3/b7-6-. The lowest BCUT2D eigenvalue weighted by atomic mass is 10.2. The number of hydrogen-bond acceptors (Lipinski definition) is 4. The molecule has 2 rings (SSSR count). The Labute approximate surface area is 128 Å². The van der Waals surface area contributed by atoms with E-state index in [1.807, 2.05) is 26.0 Å². The maximum Gasteiger partial charge on any atom is 0.332 e. The fraction of sp³-hybridized carbons (Fsp3) is 0.267. The summed E-state index contributed by atoms with van der Waals surface area (Å²) in [6.45, 7) is 4.35. The summed E-state index contributed by atoms with van der Waals surface area (Å²) in [7, 11) is 0. The summed E-state index contributed by atoms with van der Waals surface area (Å²) < 4.78 is 6.48. The molecule has 0 saturated carbocycles. The molecule has 1 aromatic heterocycles. The molecule has 0 saturated heterocycles. The number of ether oxygens (including phenoxy) is 1. The molecule has 0 amide bonds. The van der Waals surface area contributed by atoms with Crippen molar-refractivity contribution in [2.45, 2.75) is 13.8 Å². The number of carbonyl (C=O) groups excluding carboxylic acids is 1. The number of hydrogen-bond donors (Lipinski definition) is 0. The average molecular weight is 306 g/mol. The van der Waals surface area contributed by atoms with Crippen LogP contribution in [0.1, 0.15) is 13.8 Å². The van der Waals surface area contributed by atoms with Crippen molar-refractivity contribution in [2.24, 2.45) is 5.92 Å². The van der Waals surface area contributed by atoms with Crippen molar-refractivity contribution in [3.8, 4) is 11.4 Å². The SMILES string of the molecule is CC(C)COC(=O)/C=C\n1cnc(-c2cccc(Cl)c2)n1. The molecule has 0 fully saturated rings. The van der Waals surface area contributed by atoms with Gasteiger partial charge in [-0.2, -0.15) is 0 Å². The lowest BCUT2D eigenvalue weighted by molar-refractivity contribution is -0.138. The van der Waals surface area contributed by atoms with Gasteiger partial charge in [0.05, 0.1) is 6.61 Å². The van der Waals surface area contributed by atoms with E-state index in [0.29, 0.717) is 23.4 Å². The van der Waals surface area contributed by atoms with E-state index in [9.17, 15) is 4.79 Å². The van der Waals surface area contributed by atoms with Gasteiger partial charge in [0.1, 0.15) is 6.33 Å². The summed E-state index contributed by atoms with van der Waals surface area (Å²) >= 11 is 5.93. The minimum atomic E-state index is -0.400. The first-order chi connectivity index (χ1) is 10.0. The molecule has 1 heterocycles. The zero-order valence-corrected chi connectivity index (χ0v) is 12.6. The molecule has 0 bridgehead atoms. The molecule has 0 atom stereocenters. The Kier molecular flexibility index (Phi) is 5.11. The molecule has 110 valence electrons. The highest BCUT2D eigenvalue weighted by Gasteiger charge is 2.04. The van der Waals surface area contributed by atoms with E-state index in [-0.39, 0.29) is 0 Å². The molecule has 5 nitrogen and oxygen atoms in total. The van der Waals surface area contributed by atoms with E-state index < -0.39 is 5.97 Å². The highest BCUT2D eigenvalue weighted by atomic mass is 35.5. The zero-order chi connectivity index (χ0) is 15.2. The first-order valence-corrected chi connectivity index (χ1v) is 6.94. The summed E-state index contributed by atoms with van der Waals surface area (Å²) in [6, 6.07) is 7.26. The van der Waals surface area contributed by atoms with Crippen LogP contribution in [0.25, 0.3) is 17.6 Å².